The molecule has 0 amide bonds. The number of nitriles is 1. The van der Waals surface area contributed by atoms with E-state index in [2.05, 4.69) is 4.74 Å². The lowest BCUT2D eigenvalue weighted by molar-refractivity contribution is -0.140. The van der Waals surface area contributed by atoms with Gasteiger partial charge in [0.2, 0.25) is 0 Å². The quantitative estimate of drug-likeness (QED) is 0.525. The molecule has 0 aliphatic carbocycles. The Morgan fingerprint density at radius 1 is 1.50 bits per heavy atom. The van der Waals surface area contributed by atoms with Crippen LogP contribution in [-0.4, -0.2) is 19.1 Å². The molecule has 4 heteroatoms. The van der Waals surface area contributed by atoms with E-state index in [1.807, 2.05) is 30.5 Å². The van der Waals surface area contributed by atoms with Crippen molar-refractivity contribution in [3.05, 3.63) is 35.9 Å². The van der Waals surface area contributed by atoms with Gasteiger partial charge in [-0.25, -0.2) is 4.79 Å². The number of hydrogen-bond donors (Lipinski definition) is 0. The Labute approximate surface area is 93.4 Å². The molecule has 0 radical (unpaired) electrons. The fourth-order valence-corrected chi connectivity index (χ4v) is 1.70. The summed E-state index contributed by atoms with van der Waals surface area (Å²) < 4.78 is 4.65. The summed E-state index contributed by atoms with van der Waals surface area (Å²) in [7, 11) is 1.31. The van der Waals surface area contributed by atoms with Crippen LogP contribution < -0.4 is 4.90 Å². The van der Waals surface area contributed by atoms with Crippen LogP contribution in [0.15, 0.2) is 30.3 Å². The summed E-state index contributed by atoms with van der Waals surface area (Å²) in [6.07, 6.45) is 5.49. The largest absolute Gasteiger partial charge is 0.467 e. The highest BCUT2D eigenvalue weighted by Gasteiger charge is 2.28. The summed E-state index contributed by atoms with van der Waals surface area (Å²) in [6.45, 7) is 0. The van der Waals surface area contributed by atoms with Crippen LogP contribution in [0.1, 0.15) is 5.56 Å². The first-order valence-corrected chi connectivity index (χ1v) is 4.82. The number of rotatable bonds is 1. The van der Waals surface area contributed by atoms with Gasteiger partial charge in [0.05, 0.1) is 12.8 Å². The first-order chi connectivity index (χ1) is 7.77. The summed E-state index contributed by atoms with van der Waals surface area (Å²) in [4.78, 5) is 12.8. The maximum Gasteiger partial charge on any atom is 0.333 e. The van der Waals surface area contributed by atoms with E-state index in [1.54, 1.807) is 12.1 Å². The van der Waals surface area contributed by atoms with Gasteiger partial charge in [-0.15, -0.1) is 0 Å². The third-order valence-electron chi connectivity index (χ3n) is 2.48. The Kier molecular flexibility index (Phi) is 2.61. The van der Waals surface area contributed by atoms with Crippen LogP contribution in [0.5, 0.6) is 0 Å². The molecule has 1 atom stereocenters. The number of methoxy groups -OCH3 is 1. The number of esters is 1. The zero-order chi connectivity index (χ0) is 11.5. The van der Waals surface area contributed by atoms with Crippen LogP contribution >= 0.6 is 0 Å². The third kappa shape index (κ3) is 1.52. The van der Waals surface area contributed by atoms with Gasteiger partial charge in [-0.2, -0.15) is 5.26 Å². The molecule has 0 N–H and O–H groups in total. The Morgan fingerprint density at radius 3 is 2.94 bits per heavy atom. The number of benzene rings is 1. The Bertz CT molecular complexity index is 488. The zero-order valence-corrected chi connectivity index (χ0v) is 8.75. The number of ether oxygens (including phenoxy) is 1. The SMILES string of the molecule is COC(=O)C1C=Cc2ccccc2N1C#N. The summed E-state index contributed by atoms with van der Waals surface area (Å²) in [6, 6.07) is 6.75. The second-order valence-corrected chi connectivity index (χ2v) is 3.36. The average molecular weight is 214 g/mol. The standard InChI is InChI=1S/C12H10N2O2/c1-16-12(15)11-7-6-9-4-2-3-5-10(9)14(11)8-13/h2-7,11H,1H3. The molecule has 2 rings (SSSR count). The van der Waals surface area contributed by atoms with Gasteiger partial charge >= 0.3 is 5.97 Å². The van der Waals surface area contributed by atoms with E-state index < -0.39 is 12.0 Å². The molecule has 80 valence electrons. The van der Waals surface area contributed by atoms with Crippen molar-refractivity contribution in [1.29, 1.82) is 5.26 Å². The highest BCUT2D eigenvalue weighted by atomic mass is 16.5. The smallest absolute Gasteiger partial charge is 0.333 e. The summed E-state index contributed by atoms with van der Waals surface area (Å²) in [5.74, 6) is -0.438. The van der Waals surface area contributed by atoms with E-state index in [1.165, 1.54) is 12.0 Å². The molecule has 1 heterocycles. The normalized spacial score (nSPS) is 17.5. The van der Waals surface area contributed by atoms with Crippen LogP contribution in [-0.2, 0) is 9.53 Å². The second-order valence-electron chi connectivity index (χ2n) is 3.36. The van der Waals surface area contributed by atoms with E-state index in [0.717, 1.165) is 11.3 Å². The molecule has 1 aliphatic rings. The van der Waals surface area contributed by atoms with Crippen LogP contribution in [0, 0.1) is 11.5 Å². The average Bonchev–Trinajstić information content (AvgIpc) is 2.36. The lowest BCUT2D eigenvalue weighted by Gasteiger charge is -2.26. The van der Waals surface area contributed by atoms with Gasteiger partial charge in [0.1, 0.15) is 0 Å². The third-order valence-corrected chi connectivity index (χ3v) is 2.48. The molecule has 0 saturated heterocycles. The van der Waals surface area contributed by atoms with Crippen molar-refractivity contribution in [3.8, 4) is 6.19 Å². The molecule has 0 aromatic heterocycles. The van der Waals surface area contributed by atoms with Gasteiger partial charge < -0.3 is 4.74 Å². The Hall–Kier alpha value is -2.28. The summed E-state index contributed by atoms with van der Waals surface area (Å²) >= 11 is 0. The Morgan fingerprint density at radius 2 is 2.25 bits per heavy atom. The highest BCUT2D eigenvalue weighted by molar-refractivity contribution is 5.89. The van der Waals surface area contributed by atoms with Crippen molar-refractivity contribution in [2.45, 2.75) is 6.04 Å². The van der Waals surface area contributed by atoms with Crippen LogP contribution in [0.2, 0.25) is 0 Å². The molecule has 1 aromatic carbocycles. The maximum absolute atomic E-state index is 11.5. The molecule has 0 spiro atoms. The molecule has 16 heavy (non-hydrogen) atoms. The number of carbonyl (C=O) groups is 1. The molecule has 0 fully saturated rings. The lowest BCUT2D eigenvalue weighted by atomic mass is 10.0. The molecule has 1 unspecified atom stereocenters. The van der Waals surface area contributed by atoms with Crippen LogP contribution in [0.4, 0.5) is 5.69 Å². The minimum atomic E-state index is -0.662. The molecule has 1 aliphatic heterocycles. The number of nitrogens with zero attached hydrogens (tertiary/aromatic N) is 2. The number of hydrogen-bond acceptors (Lipinski definition) is 4. The van der Waals surface area contributed by atoms with Gasteiger partial charge in [-0.05, 0) is 17.7 Å². The van der Waals surface area contributed by atoms with Gasteiger partial charge in [-0.3, -0.25) is 4.90 Å². The van der Waals surface area contributed by atoms with Gasteiger partial charge in [0, 0.05) is 0 Å². The van der Waals surface area contributed by atoms with Crippen molar-refractivity contribution >= 4 is 17.7 Å². The van der Waals surface area contributed by atoms with Gasteiger partial charge in [0.15, 0.2) is 12.2 Å². The molecular weight excluding hydrogens is 204 g/mol. The monoisotopic (exact) mass is 214 g/mol. The highest BCUT2D eigenvalue weighted by Crippen LogP contribution is 2.28. The lowest BCUT2D eigenvalue weighted by Crippen LogP contribution is -2.39. The first kappa shape index (κ1) is 10.2. The number of para-hydroxylation sites is 1. The van der Waals surface area contributed by atoms with Crippen LogP contribution in [0.25, 0.3) is 6.08 Å². The Balaban J connectivity index is 2.45. The predicted molar refractivity (Wildman–Crippen MR) is 59.4 cm³/mol. The topological polar surface area (TPSA) is 53.3 Å². The van der Waals surface area contributed by atoms with Gasteiger partial charge in [-0.1, -0.05) is 24.3 Å². The van der Waals surface area contributed by atoms with Crippen LogP contribution in [0.3, 0.4) is 0 Å². The molecule has 4 nitrogen and oxygen atoms in total. The van der Waals surface area contributed by atoms with E-state index in [9.17, 15) is 4.79 Å². The number of carbonyl (C=O) groups excluding carboxylic acids is 1. The number of anilines is 1. The second kappa shape index (κ2) is 4.07. The van der Waals surface area contributed by atoms with Crippen molar-refractivity contribution in [2.75, 3.05) is 12.0 Å². The van der Waals surface area contributed by atoms with Crippen molar-refractivity contribution in [3.63, 3.8) is 0 Å². The first-order valence-electron chi connectivity index (χ1n) is 4.82. The zero-order valence-electron chi connectivity index (χ0n) is 8.75. The molecule has 0 bridgehead atoms. The van der Waals surface area contributed by atoms with E-state index in [4.69, 9.17) is 5.26 Å². The maximum atomic E-state index is 11.5. The minimum absolute atomic E-state index is 0.438. The van der Waals surface area contributed by atoms with E-state index >= 15 is 0 Å². The van der Waals surface area contributed by atoms with E-state index in [0.29, 0.717) is 0 Å². The molecule has 1 aromatic rings. The minimum Gasteiger partial charge on any atom is -0.467 e. The van der Waals surface area contributed by atoms with Crippen molar-refractivity contribution in [2.24, 2.45) is 0 Å². The number of fused-ring (bicyclic) bond motifs is 1. The fraction of sp³-hybridized carbons (Fsp3) is 0.167. The van der Waals surface area contributed by atoms with Gasteiger partial charge in [0.25, 0.3) is 0 Å². The van der Waals surface area contributed by atoms with Crippen molar-refractivity contribution < 1.29 is 9.53 Å². The molecular formula is C12H10N2O2. The molecule has 0 saturated carbocycles. The van der Waals surface area contributed by atoms with Crippen molar-refractivity contribution in [1.82, 2.24) is 0 Å². The summed E-state index contributed by atoms with van der Waals surface area (Å²) in [5, 5.41) is 9.09. The predicted octanol–water partition coefficient (Wildman–Crippen LogP) is 1.54. The summed E-state index contributed by atoms with van der Waals surface area (Å²) in [5.41, 5.74) is 1.65. The van der Waals surface area contributed by atoms with E-state index in [-0.39, 0.29) is 0 Å². The fourth-order valence-electron chi connectivity index (χ4n) is 1.70.